The van der Waals surface area contributed by atoms with Crippen LogP contribution < -0.4 is 15.5 Å². The summed E-state index contributed by atoms with van der Waals surface area (Å²) in [6.45, 7) is 0. The number of benzene rings is 1. The Morgan fingerprint density at radius 3 is 2.64 bits per heavy atom. The van der Waals surface area contributed by atoms with Gasteiger partial charge >= 0.3 is 0 Å². The van der Waals surface area contributed by atoms with Gasteiger partial charge in [-0.1, -0.05) is 18.2 Å². The minimum Gasteiger partial charge on any atom is -0.497 e. The second kappa shape index (κ2) is 7.83. The van der Waals surface area contributed by atoms with Crippen LogP contribution >= 0.6 is 0 Å². The summed E-state index contributed by atoms with van der Waals surface area (Å²) in [4.78, 5) is 8.09. The number of aromatic amines is 1. The van der Waals surface area contributed by atoms with Crippen LogP contribution in [0.1, 0.15) is 17.9 Å². The number of nitrogens with zero attached hydrogens (tertiary/aromatic N) is 1. The summed E-state index contributed by atoms with van der Waals surface area (Å²) in [5.41, 5.74) is 6.34. The molecule has 0 amide bonds. The van der Waals surface area contributed by atoms with E-state index in [1.807, 2.05) is 60.7 Å². The van der Waals surface area contributed by atoms with Crippen LogP contribution in [0.2, 0.25) is 0 Å². The molecule has 1 aromatic carbocycles. The molecule has 0 saturated heterocycles. The molecule has 1 aliphatic heterocycles. The SMILES string of the molecule is COc1ccc(-c2cc3[nH]c(C=C4C=c5oc(C6=CCC(OC)C=C6)cc5=N4)cc3o2)cc1. The van der Waals surface area contributed by atoms with Crippen LogP contribution in [0.4, 0.5) is 0 Å². The highest BCUT2D eigenvalue weighted by molar-refractivity contribution is 5.83. The van der Waals surface area contributed by atoms with Crippen molar-refractivity contribution >= 4 is 28.8 Å². The van der Waals surface area contributed by atoms with E-state index in [1.54, 1.807) is 14.2 Å². The molecular weight excluding hydrogens is 416 g/mol. The number of rotatable bonds is 5. The van der Waals surface area contributed by atoms with Crippen LogP contribution in [-0.4, -0.2) is 25.3 Å². The molecule has 2 aliphatic rings. The third-order valence-corrected chi connectivity index (χ3v) is 5.92. The van der Waals surface area contributed by atoms with Gasteiger partial charge in [-0.15, -0.1) is 0 Å². The van der Waals surface area contributed by atoms with E-state index in [2.05, 4.69) is 17.1 Å². The number of nitrogens with one attached hydrogen (secondary N) is 1. The average Bonchev–Trinajstić information content (AvgIpc) is 3.59. The van der Waals surface area contributed by atoms with Gasteiger partial charge in [0, 0.05) is 48.2 Å². The molecule has 6 rings (SSSR count). The number of hydrogen-bond donors (Lipinski definition) is 1. The zero-order chi connectivity index (χ0) is 22.4. The number of allylic oxidation sites excluding steroid dienone is 3. The maximum Gasteiger partial charge on any atom is 0.155 e. The van der Waals surface area contributed by atoms with Crippen molar-refractivity contribution in [3.63, 3.8) is 0 Å². The van der Waals surface area contributed by atoms with Gasteiger partial charge in [-0.05, 0) is 36.8 Å². The fourth-order valence-corrected chi connectivity index (χ4v) is 4.14. The predicted molar refractivity (Wildman–Crippen MR) is 127 cm³/mol. The lowest BCUT2D eigenvalue weighted by Crippen LogP contribution is -2.14. The van der Waals surface area contributed by atoms with E-state index in [0.717, 1.165) is 68.1 Å². The molecule has 164 valence electrons. The Hall–Kier alpha value is -4.03. The molecule has 0 spiro atoms. The number of fused-ring (bicyclic) bond motifs is 2. The molecule has 0 saturated carbocycles. The van der Waals surface area contributed by atoms with Crippen LogP contribution in [-0.2, 0) is 4.74 Å². The van der Waals surface area contributed by atoms with E-state index in [9.17, 15) is 0 Å². The van der Waals surface area contributed by atoms with Gasteiger partial charge in [-0.25, -0.2) is 4.99 Å². The monoisotopic (exact) mass is 438 g/mol. The minimum absolute atomic E-state index is 0.134. The molecule has 6 heteroatoms. The van der Waals surface area contributed by atoms with Crippen molar-refractivity contribution in [2.75, 3.05) is 14.2 Å². The van der Waals surface area contributed by atoms with Crippen molar-refractivity contribution in [1.29, 1.82) is 0 Å². The Balaban J connectivity index is 1.23. The summed E-state index contributed by atoms with van der Waals surface area (Å²) < 4.78 is 22.6. The number of ether oxygens (including phenoxy) is 2. The molecule has 1 N–H and O–H groups in total. The molecule has 33 heavy (non-hydrogen) atoms. The van der Waals surface area contributed by atoms with E-state index < -0.39 is 0 Å². The van der Waals surface area contributed by atoms with Crippen LogP contribution in [0, 0.1) is 0 Å². The number of methoxy groups -OCH3 is 2. The van der Waals surface area contributed by atoms with Crippen molar-refractivity contribution < 1.29 is 18.3 Å². The van der Waals surface area contributed by atoms with E-state index in [-0.39, 0.29) is 6.10 Å². The molecule has 1 atom stereocenters. The predicted octanol–water partition coefficient (Wildman–Crippen LogP) is 4.84. The zero-order valence-corrected chi connectivity index (χ0v) is 18.3. The van der Waals surface area contributed by atoms with Gasteiger partial charge in [0.05, 0.1) is 24.4 Å². The summed E-state index contributed by atoms with van der Waals surface area (Å²) in [7, 11) is 3.38. The van der Waals surface area contributed by atoms with Crippen molar-refractivity contribution in [2.24, 2.45) is 4.99 Å². The smallest absolute Gasteiger partial charge is 0.155 e. The molecule has 1 aliphatic carbocycles. The van der Waals surface area contributed by atoms with E-state index in [0.29, 0.717) is 0 Å². The molecule has 3 aromatic heterocycles. The zero-order valence-electron chi connectivity index (χ0n) is 18.3. The molecular formula is C27H22N2O4. The Morgan fingerprint density at radius 2 is 1.94 bits per heavy atom. The first-order valence-corrected chi connectivity index (χ1v) is 10.8. The first kappa shape index (κ1) is 19.6. The van der Waals surface area contributed by atoms with Gasteiger partial charge in [0.15, 0.2) is 11.0 Å². The number of furan rings is 2. The highest BCUT2D eigenvalue weighted by atomic mass is 16.5. The Kier molecular flexibility index (Phi) is 4.66. The van der Waals surface area contributed by atoms with E-state index >= 15 is 0 Å². The van der Waals surface area contributed by atoms with E-state index in [1.165, 1.54) is 0 Å². The van der Waals surface area contributed by atoms with Crippen molar-refractivity contribution in [3.05, 3.63) is 88.6 Å². The Morgan fingerprint density at radius 1 is 1.06 bits per heavy atom. The van der Waals surface area contributed by atoms with Gasteiger partial charge in [0.1, 0.15) is 22.6 Å². The molecule has 4 aromatic rings. The maximum absolute atomic E-state index is 6.04. The summed E-state index contributed by atoms with van der Waals surface area (Å²) in [6.07, 6.45) is 11.1. The molecule has 0 fully saturated rings. The second-order valence-corrected chi connectivity index (χ2v) is 8.06. The summed E-state index contributed by atoms with van der Waals surface area (Å²) in [5, 5.41) is 0.844. The topological polar surface area (TPSA) is 72.9 Å². The first-order chi connectivity index (χ1) is 16.2. The lowest BCUT2D eigenvalue weighted by molar-refractivity contribution is 0.143. The average molecular weight is 438 g/mol. The van der Waals surface area contributed by atoms with Crippen LogP contribution in [0.3, 0.4) is 0 Å². The minimum atomic E-state index is 0.134. The van der Waals surface area contributed by atoms with Crippen LogP contribution in [0.5, 0.6) is 5.75 Å². The lowest BCUT2D eigenvalue weighted by Gasteiger charge is -2.13. The largest absolute Gasteiger partial charge is 0.497 e. The maximum atomic E-state index is 6.04. The van der Waals surface area contributed by atoms with Gasteiger partial charge in [-0.2, -0.15) is 0 Å². The quantitative estimate of drug-likeness (QED) is 0.484. The summed E-state index contributed by atoms with van der Waals surface area (Å²) in [6, 6.07) is 13.8. The molecule has 4 heterocycles. The number of hydrogen-bond acceptors (Lipinski definition) is 5. The highest BCUT2D eigenvalue weighted by Crippen LogP contribution is 2.30. The van der Waals surface area contributed by atoms with Crippen molar-refractivity contribution in [3.8, 4) is 17.1 Å². The van der Waals surface area contributed by atoms with Gasteiger partial charge in [-0.3, -0.25) is 0 Å². The fourth-order valence-electron chi connectivity index (χ4n) is 4.14. The third kappa shape index (κ3) is 3.64. The molecule has 0 radical (unpaired) electrons. The molecule has 0 bridgehead atoms. The second-order valence-electron chi connectivity index (χ2n) is 8.06. The number of H-pyrrole nitrogens is 1. The highest BCUT2D eigenvalue weighted by Gasteiger charge is 2.15. The molecule has 6 nitrogen and oxygen atoms in total. The first-order valence-electron chi connectivity index (χ1n) is 10.8. The Bertz CT molecular complexity index is 1490. The lowest BCUT2D eigenvalue weighted by atomic mass is 10.0. The summed E-state index contributed by atoms with van der Waals surface area (Å²) in [5.74, 6) is 2.46. The van der Waals surface area contributed by atoms with E-state index in [4.69, 9.17) is 23.3 Å². The molecule has 1 unspecified atom stereocenters. The van der Waals surface area contributed by atoms with Gasteiger partial charge in [0.2, 0.25) is 0 Å². The number of aromatic nitrogens is 1. The summed E-state index contributed by atoms with van der Waals surface area (Å²) >= 11 is 0. The van der Waals surface area contributed by atoms with Gasteiger partial charge < -0.3 is 23.3 Å². The Labute approximate surface area is 189 Å². The standard InChI is InChI=1S/C27H22N2O4/c1-30-20-7-3-16(4-8-20)24-14-22-26(32-24)12-18(28-22)11-19-13-27-23(29-19)15-25(33-27)17-5-9-21(31-2)10-6-17/h3-9,11-15,21,28H,10H2,1-2H3. The fraction of sp³-hybridized carbons (Fsp3) is 0.148. The third-order valence-electron chi connectivity index (χ3n) is 5.92. The van der Waals surface area contributed by atoms with Gasteiger partial charge in [0.25, 0.3) is 0 Å². The van der Waals surface area contributed by atoms with Crippen LogP contribution in [0.25, 0.3) is 40.1 Å². The van der Waals surface area contributed by atoms with Crippen LogP contribution in [0.15, 0.2) is 80.2 Å². The normalized spacial score (nSPS) is 18.3. The van der Waals surface area contributed by atoms with Crippen molar-refractivity contribution in [1.82, 2.24) is 4.98 Å². The van der Waals surface area contributed by atoms with Crippen molar-refractivity contribution in [2.45, 2.75) is 12.5 Å².